The second kappa shape index (κ2) is 5.87. The minimum absolute atomic E-state index is 0.00179. The van der Waals surface area contributed by atoms with Gasteiger partial charge in [-0.3, -0.25) is 4.79 Å². The lowest BCUT2D eigenvalue weighted by Crippen LogP contribution is -2.13. The smallest absolute Gasteiger partial charge is 0.335 e. The number of carbonyl (C=O) groups is 3. The molecule has 0 radical (unpaired) electrons. The summed E-state index contributed by atoms with van der Waals surface area (Å²) in [5.41, 5.74) is 0.547. The standard InChI is InChI=1S/C15H11NO5/c17-13(9-3-1-4-10(7-9)14(18)19)16-12-6-2-5-11(8-12)15(20)21/h1-8H,(H,16,17)(H,18,19)(H,20,21). The zero-order valence-corrected chi connectivity index (χ0v) is 10.7. The molecular formula is C15H11NO5. The van der Waals surface area contributed by atoms with Gasteiger partial charge in [0, 0.05) is 11.3 Å². The lowest BCUT2D eigenvalue weighted by Gasteiger charge is -2.06. The molecule has 0 fully saturated rings. The van der Waals surface area contributed by atoms with Crippen molar-refractivity contribution in [3.8, 4) is 0 Å². The van der Waals surface area contributed by atoms with Gasteiger partial charge in [0.15, 0.2) is 0 Å². The van der Waals surface area contributed by atoms with Gasteiger partial charge >= 0.3 is 11.9 Å². The van der Waals surface area contributed by atoms with Crippen LogP contribution in [0.5, 0.6) is 0 Å². The highest BCUT2D eigenvalue weighted by atomic mass is 16.4. The topological polar surface area (TPSA) is 104 Å². The second-order valence-electron chi connectivity index (χ2n) is 4.23. The fourth-order valence-electron chi connectivity index (χ4n) is 1.73. The van der Waals surface area contributed by atoms with Gasteiger partial charge in [0.25, 0.3) is 5.91 Å². The molecule has 0 bridgehead atoms. The van der Waals surface area contributed by atoms with E-state index < -0.39 is 17.8 Å². The van der Waals surface area contributed by atoms with Crippen molar-refractivity contribution in [3.63, 3.8) is 0 Å². The minimum Gasteiger partial charge on any atom is -0.478 e. The Morgan fingerprint density at radius 1 is 0.762 bits per heavy atom. The van der Waals surface area contributed by atoms with E-state index in [9.17, 15) is 14.4 Å². The van der Waals surface area contributed by atoms with E-state index in [0.717, 1.165) is 0 Å². The van der Waals surface area contributed by atoms with Crippen molar-refractivity contribution >= 4 is 23.5 Å². The Balaban J connectivity index is 2.22. The number of rotatable bonds is 4. The zero-order chi connectivity index (χ0) is 15.4. The molecule has 3 N–H and O–H groups in total. The van der Waals surface area contributed by atoms with E-state index in [0.29, 0.717) is 5.69 Å². The number of carboxylic acids is 2. The Morgan fingerprint density at radius 3 is 1.90 bits per heavy atom. The quantitative estimate of drug-likeness (QED) is 0.799. The van der Waals surface area contributed by atoms with Crippen LogP contribution in [0.15, 0.2) is 48.5 Å². The Labute approximate surface area is 119 Å². The average molecular weight is 285 g/mol. The van der Waals surface area contributed by atoms with Gasteiger partial charge in [-0.25, -0.2) is 9.59 Å². The van der Waals surface area contributed by atoms with Crippen molar-refractivity contribution in [2.24, 2.45) is 0 Å². The molecule has 0 saturated heterocycles. The molecule has 0 aliphatic heterocycles. The van der Waals surface area contributed by atoms with Crippen molar-refractivity contribution in [2.45, 2.75) is 0 Å². The van der Waals surface area contributed by atoms with Crippen LogP contribution in [0.3, 0.4) is 0 Å². The summed E-state index contributed by atoms with van der Waals surface area (Å²) < 4.78 is 0. The van der Waals surface area contributed by atoms with E-state index in [1.807, 2.05) is 0 Å². The summed E-state index contributed by atoms with van der Waals surface area (Å²) in [4.78, 5) is 33.7. The van der Waals surface area contributed by atoms with Crippen molar-refractivity contribution in [2.75, 3.05) is 5.32 Å². The van der Waals surface area contributed by atoms with Crippen LogP contribution in [0.4, 0.5) is 5.69 Å². The molecule has 0 spiro atoms. The predicted octanol–water partition coefficient (Wildman–Crippen LogP) is 2.34. The van der Waals surface area contributed by atoms with Crippen LogP contribution >= 0.6 is 0 Å². The first-order valence-electron chi connectivity index (χ1n) is 5.95. The number of carboxylic acid groups (broad SMARTS) is 2. The van der Waals surface area contributed by atoms with E-state index in [4.69, 9.17) is 10.2 Å². The number of nitrogens with one attached hydrogen (secondary N) is 1. The molecule has 6 heteroatoms. The maximum absolute atomic E-state index is 12.0. The van der Waals surface area contributed by atoms with Crippen LogP contribution in [-0.2, 0) is 0 Å². The fourth-order valence-corrected chi connectivity index (χ4v) is 1.73. The third kappa shape index (κ3) is 3.44. The Morgan fingerprint density at radius 2 is 1.29 bits per heavy atom. The van der Waals surface area contributed by atoms with Gasteiger partial charge in [-0.2, -0.15) is 0 Å². The SMILES string of the molecule is O=C(O)c1cccc(NC(=O)c2cccc(C(=O)O)c2)c1. The van der Waals surface area contributed by atoms with Crippen LogP contribution in [-0.4, -0.2) is 28.1 Å². The Hall–Kier alpha value is -3.15. The van der Waals surface area contributed by atoms with Gasteiger partial charge < -0.3 is 15.5 Å². The van der Waals surface area contributed by atoms with Crippen LogP contribution in [0.1, 0.15) is 31.1 Å². The first kappa shape index (κ1) is 14.3. The minimum atomic E-state index is -1.13. The largest absolute Gasteiger partial charge is 0.478 e. The number of anilines is 1. The molecular weight excluding hydrogens is 274 g/mol. The Kier molecular flexibility index (Phi) is 3.99. The number of hydrogen-bond acceptors (Lipinski definition) is 3. The number of amides is 1. The van der Waals surface area contributed by atoms with E-state index in [1.54, 1.807) is 6.07 Å². The lowest BCUT2D eigenvalue weighted by molar-refractivity contribution is 0.0686. The highest BCUT2D eigenvalue weighted by Gasteiger charge is 2.10. The van der Waals surface area contributed by atoms with Gasteiger partial charge in [0.1, 0.15) is 0 Å². The normalized spacial score (nSPS) is 9.90. The summed E-state index contributed by atoms with van der Waals surface area (Å²) >= 11 is 0. The molecule has 0 aromatic heterocycles. The third-order valence-corrected chi connectivity index (χ3v) is 2.74. The summed E-state index contributed by atoms with van der Waals surface area (Å²) in [6.45, 7) is 0. The second-order valence-corrected chi connectivity index (χ2v) is 4.23. The molecule has 1 amide bonds. The van der Waals surface area contributed by atoms with Crippen LogP contribution < -0.4 is 5.32 Å². The molecule has 0 saturated carbocycles. The van der Waals surface area contributed by atoms with Gasteiger partial charge in [0.2, 0.25) is 0 Å². The molecule has 106 valence electrons. The summed E-state index contributed by atoms with van der Waals surface area (Å²) in [5.74, 6) is -2.74. The van der Waals surface area contributed by atoms with E-state index in [-0.39, 0.29) is 16.7 Å². The first-order chi connectivity index (χ1) is 9.97. The van der Waals surface area contributed by atoms with E-state index in [2.05, 4.69) is 5.32 Å². The third-order valence-electron chi connectivity index (χ3n) is 2.74. The molecule has 0 heterocycles. The maximum atomic E-state index is 12.0. The molecule has 0 unspecified atom stereocenters. The predicted molar refractivity (Wildman–Crippen MR) is 74.8 cm³/mol. The van der Waals surface area contributed by atoms with E-state index in [1.165, 1.54) is 42.5 Å². The average Bonchev–Trinajstić information content (AvgIpc) is 2.47. The van der Waals surface area contributed by atoms with Crippen LogP contribution in [0, 0.1) is 0 Å². The number of hydrogen-bond donors (Lipinski definition) is 3. The molecule has 6 nitrogen and oxygen atoms in total. The number of aromatic carboxylic acids is 2. The summed E-state index contributed by atoms with van der Waals surface area (Å²) in [5, 5.41) is 20.3. The molecule has 2 aromatic rings. The number of benzene rings is 2. The number of carbonyl (C=O) groups excluding carboxylic acids is 1. The molecule has 21 heavy (non-hydrogen) atoms. The van der Waals surface area contributed by atoms with Crippen LogP contribution in [0.25, 0.3) is 0 Å². The molecule has 2 rings (SSSR count). The summed E-state index contributed by atoms with van der Waals surface area (Å²) in [7, 11) is 0. The van der Waals surface area contributed by atoms with Crippen LogP contribution in [0.2, 0.25) is 0 Å². The first-order valence-corrected chi connectivity index (χ1v) is 5.95. The van der Waals surface area contributed by atoms with Crippen molar-refractivity contribution in [1.29, 1.82) is 0 Å². The van der Waals surface area contributed by atoms with Gasteiger partial charge in [-0.05, 0) is 36.4 Å². The fraction of sp³-hybridized carbons (Fsp3) is 0. The van der Waals surface area contributed by atoms with Crippen molar-refractivity contribution in [3.05, 3.63) is 65.2 Å². The lowest BCUT2D eigenvalue weighted by atomic mass is 10.1. The van der Waals surface area contributed by atoms with E-state index >= 15 is 0 Å². The molecule has 2 aromatic carbocycles. The maximum Gasteiger partial charge on any atom is 0.335 e. The molecule has 0 aliphatic rings. The van der Waals surface area contributed by atoms with Crippen molar-refractivity contribution < 1.29 is 24.6 Å². The monoisotopic (exact) mass is 285 g/mol. The zero-order valence-electron chi connectivity index (χ0n) is 10.7. The highest BCUT2D eigenvalue weighted by molar-refractivity contribution is 6.06. The van der Waals surface area contributed by atoms with Crippen molar-refractivity contribution in [1.82, 2.24) is 0 Å². The summed E-state index contributed by atoms with van der Waals surface area (Å²) in [6, 6.07) is 11.3. The molecule has 0 atom stereocenters. The van der Waals surface area contributed by atoms with Gasteiger partial charge in [0.05, 0.1) is 11.1 Å². The van der Waals surface area contributed by atoms with Gasteiger partial charge in [-0.1, -0.05) is 12.1 Å². The molecule has 0 aliphatic carbocycles. The van der Waals surface area contributed by atoms with Gasteiger partial charge in [-0.15, -0.1) is 0 Å². The highest BCUT2D eigenvalue weighted by Crippen LogP contribution is 2.13. The Bertz CT molecular complexity index is 724. The summed E-state index contributed by atoms with van der Waals surface area (Å²) in [6.07, 6.45) is 0.